The van der Waals surface area contributed by atoms with E-state index < -0.39 is 0 Å². The van der Waals surface area contributed by atoms with Gasteiger partial charge in [-0.2, -0.15) is 0 Å². The van der Waals surface area contributed by atoms with Crippen molar-refractivity contribution in [3.63, 3.8) is 0 Å². The molecule has 1 atom stereocenters. The number of anilines is 1. The molecule has 1 aromatic heterocycles. The summed E-state index contributed by atoms with van der Waals surface area (Å²) in [6.07, 6.45) is 0. The number of carbonyl (C=O) groups excluding carboxylic acids is 1. The largest absolute Gasteiger partial charge is 0.325 e. The van der Waals surface area contributed by atoms with E-state index in [0.717, 1.165) is 27.8 Å². The minimum absolute atomic E-state index is 0.0411. The Balaban J connectivity index is 1.71. The van der Waals surface area contributed by atoms with Gasteiger partial charge < -0.3 is 9.88 Å². The Kier molecular flexibility index (Phi) is 5.96. The summed E-state index contributed by atoms with van der Waals surface area (Å²) >= 11 is 1.42. The SMILES string of the molecule is Cc1cccc(NC(=O)C(C)Sc2nnc(C)n2Cc2ccccc2)c1C. The second-order valence-corrected chi connectivity index (χ2v) is 7.91. The third-order valence-electron chi connectivity index (χ3n) is 4.60. The van der Waals surface area contributed by atoms with Gasteiger partial charge in [0.2, 0.25) is 5.91 Å². The van der Waals surface area contributed by atoms with Crippen molar-refractivity contribution < 1.29 is 4.79 Å². The average molecular weight is 381 g/mol. The van der Waals surface area contributed by atoms with Crippen molar-refractivity contribution in [2.24, 2.45) is 0 Å². The second kappa shape index (κ2) is 8.39. The van der Waals surface area contributed by atoms with Gasteiger partial charge >= 0.3 is 0 Å². The van der Waals surface area contributed by atoms with Crippen LogP contribution in [0.15, 0.2) is 53.7 Å². The lowest BCUT2D eigenvalue weighted by Gasteiger charge is -2.15. The van der Waals surface area contributed by atoms with Crippen LogP contribution in [0.2, 0.25) is 0 Å². The van der Waals surface area contributed by atoms with Crippen LogP contribution >= 0.6 is 11.8 Å². The van der Waals surface area contributed by atoms with E-state index in [1.54, 1.807) is 0 Å². The van der Waals surface area contributed by atoms with Crippen LogP contribution in [-0.4, -0.2) is 25.9 Å². The van der Waals surface area contributed by atoms with Crippen LogP contribution in [0.4, 0.5) is 5.69 Å². The first-order chi connectivity index (χ1) is 13.0. The third kappa shape index (κ3) is 4.57. The summed E-state index contributed by atoms with van der Waals surface area (Å²) in [5.74, 6) is 0.795. The summed E-state index contributed by atoms with van der Waals surface area (Å²) in [4.78, 5) is 12.7. The predicted octanol–water partition coefficient (Wildman–Crippen LogP) is 4.37. The van der Waals surface area contributed by atoms with Gasteiger partial charge in [0.05, 0.1) is 11.8 Å². The maximum absolute atomic E-state index is 12.7. The summed E-state index contributed by atoms with van der Waals surface area (Å²) in [5.41, 5.74) is 4.28. The lowest BCUT2D eigenvalue weighted by Crippen LogP contribution is -2.23. The number of thioether (sulfide) groups is 1. The summed E-state index contributed by atoms with van der Waals surface area (Å²) in [6.45, 7) is 8.57. The van der Waals surface area contributed by atoms with Crippen molar-refractivity contribution in [3.05, 3.63) is 71.0 Å². The molecule has 1 amide bonds. The van der Waals surface area contributed by atoms with Crippen LogP contribution in [0.25, 0.3) is 0 Å². The number of aryl methyl sites for hydroxylation is 2. The van der Waals surface area contributed by atoms with E-state index in [9.17, 15) is 4.79 Å². The number of hydrogen-bond acceptors (Lipinski definition) is 4. The molecule has 0 aliphatic rings. The number of nitrogens with one attached hydrogen (secondary N) is 1. The number of benzene rings is 2. The van der Waals surface area contributed by atoms with Crippen LogP contribution in [-0.2, 0) is 11.3 Å². The number of amides is 1. The molecule has 0 bridgehead atoms. The Morgan fingerprint density at radius 2 is 1.81 bits per heavy atom. The molecule has 0 aliphatic carbocycles. The molecular weight excluding hydrogens is 356 g/mol. The van der Waals surface area contributed by atoms with Gasteiger partial charge in [-0.1, -0.05) is 54.2 Å². The van der Waals surface area contributed by atoms with E-state index in [1.807, 2.05) is 68.7 Å². The molecule has 2 aromatic carbocycles. The van der Waals surface area contributed by atoms with Crippen molar-refractivity contribution in [1.82, 2.24) is 14.8 Å². The molecule has 3 rings (SSSR count). The zero-order chi connectivity index (χ0) is 19.4. The van der Waals surface area contributed by atoms with Crippen molar-refractivity contribution in [2.45, 2.75) is 44.6 Å². The molecule has 6 heteroatoms. The van der Waals surface area contributed by atoms with Gasteiger partial charge in [-0.3, -0.25) is 4.79 Å². The maximum Gasteiger partial charge on any atom is 0.237 e. The van der Waals surface area contributed by atoms with E-state index in [1.165, 1.54) is 17.3 Å². The number of aromatic nitrogens is 3. The average Bonchev–Trinajstić information content (AvgIpc) is 2.99. The number of hydrogen-bond donors (Lipinski definition) is 1. The number of carbonyl (C=O) groups is 1. The smallest absolute Gasteiger partial charge is 0.237 e. The quantitative estimate of drug-likeness (QED) is 0.645. The van der Waals surface area contributed by atoms with E-state index in [4.69, 9.17) is 0 Å². The standard InChI is InChI=1S/C21H24N4OS/c1-14-9-8-12-19(15(14)2)22-20(26)16(3)27-21-24-23-17(4)25(21)13-18-10-6-5-7-11-18/h5-12,16H,13H2,1-4H3,(H,22,26). The lowest BCUT2D eigenvalue weighted by molar-refractivity contribution is -0.115. The van der Waals surface area contributed by atoms with Gasteiger partial charge in [0.25, 0.3) is 0 Å². The maximum atomic E-state index is 12.7. The minimum Gasteiger partial charge on any atom is -0.325 e. The van der Waals surface area contributed by atoms with E-state index in [0.29, 0.717) is 6.54 Å². The van der Waals surface area contributed by atoms with Crippen molar-refractivity contribution in [3.8, 4) is 0 Å². The van der Waals surface area contributed by atoms with Gasteiger partial charge in [0.1, 0.15) is 5.82 Å². The highest BCUT2D eigenvalue weighted by molar-refractivity contribution is 8.00. The summed E-state index contributed by atoms with van der Waals surface area (Å²) in [6, 6.07) is 16.1. The fourth-order valence-electron chi connectivity index (χ4n) is 2.73. The highest BCUT2D eigenvalue weighted by atomic mass is 32.2. The van der Waals surface area contributed by atoms with E-state index >= 15 is 0 Å². The fourth-order valence-corrected chi connectivity index (χ4v) is 3.62. The van der Waals surface area contributed by atoms with E-state index in [-0.39, 0.29) is 11.2 Å². The van der Waals surface area contributed by atoms with Crippen LogP contribution in [0.3, 0.4) is 0 Å². The van der Waals surface area contributed by atoms with Crippen molar-refractivity contribution in [1.29, 1.82) is 0 Å². The molecule has 0 saturated heterocycles. The van der Waals surface area contributed by atoms with Crippen LogP contribution in [0.1, 0.15) is 29.4 Å². The molecule has 1 heterocycles. The highest BCUT2D eigenvalue weighted by Gasteiger charge is 2.20. The normalized spacial score (nSPS) is 12.0. The molecule has 0 aliphatic heterocycles. The van der Waals surface area contributed by atoms with Gasteiger partial charge in [-0.05, 0) is 50.5 Å². The molecule has 27 heavy (non-hydrogen) atoms. The molecule has 3 aromatic rings. The first kappa shape index (κ1) is 19.2. The topological polar surface area (TPSA) is 59.8 Å². The Bertz CT molecular complexity index is 937. The Morgan fingerprint density at radius 3 is 2.56 bits per heavy atom. The first-order valence-electron chi connectivity index (χ1n) is 8.93. The molecule has 140 valence electrons. The fraction of sp³-hybridized carbons (Fsp3) is 0.286. The zero-order valence-corrected chi connectivity index (χ0v) is 16.9. The van der Waals surface area contributed by atoms with Crippen molar-refractivity contribution >= 4 is 23.4 Å². The Morgan fingerprint density at radius 1 is 1.07 bits per heavy atom. The van der Waals surface area contributed by atoms with Gasteiger partial charge in [0.15, 0.2) is 5.16 Å². The van der Waals surface area contributed by atoms with Gasteiger partial charge in [-0.25, -0.2) is 0 Å². The Labute approximate surface area is 164 Å². The molecular formula is C21H24N4OS. The predicted molar refractivity (Wildman–Crippen MR) is 110 cm³/mol. The Hall–Kier alpha value is -2.60. The van der Waals surface area contributed by atoms with Crippen LogP contribution in [0, 0.1) is 20.8 Å². The monoisotopic (exact) mass is 380 g/mol. The summed E-state index contributed by atoms with van der Waals surface area (Å²) in [7, 11) is 0. The molecule has 0 radical (unpaired) electrons. The van der Waals surface area contributed by atoms with Gasteiger partial charge in [0, 0.05) is 5.69 Å². The van der Waals surface area contributed by atoms with E-state index in [2.05, 4.69) is 27.6 Å². The molecule has 1 N–H and O–H groups in total. The summed E-state index contributed by atoms with van der Waals surface area (Å²) < 4.78 is 2.04. The van der Waals surface area contributed by atoms with Crippen LogP contribution < -0.4 is 5.32 Å². The molecule has 0 fully saturated rings. The number of rotatable bonds is 6. The molecule has 0 saturated carbocycles. The number of nitrogens with zero attached hydrogens (tertiary/aromatic N) is 3. The lowest BCUT2D eigenvalue weighted by atomic mass is 10.1. The second-order valence-electron chi connectivity index (χ2n) is 6.60. The highest BCUT2D eigenvalue weighted by Crippen LogP contribution is 2.25. The van der Waals surface area contributed by atoms with Gasteiger partial charge in [-0.15, -0.1) is 10.2 Å². The van der Waals surface area contributed by atoms with Crippen LogP contribution in [0.5, 0.6) is 0 Å². The zero-order valence-electron chi connectivity index (χ0n) is 16.1. The molecule has 5 nitrogen and oxygen atoms in total. The third-order valence-corrected chi connectivity index (χ3v) is 5.68. The summed E-state index contributed by atoms with van der Waals surface area (Å²) in [5, 5.41) is 12.0. The first-order valence-corrected chi connectivity index (χ1v) is 9.81. The van der Waals surface area contributed by atoms with Crippen molar-refractivity contribution in [2.75, 3.05) is 5.32 Å². The molecule has 0 spiro atoms. The molecule has 1 unspecified atom stereocenters. The minimum atomic E-state index is -0.289.